The minimum Gasteiger partial charge on any atom is -0.480 e. The Morgan fingerprint density at radius 2 is 1.81 bits per heavy atom. The highest BCUT2D eigenvalue weighted by Crippen LogP contribution is 2.08. The second-order valence-corrected chi connectivity index (χ2v) is 5.89. The average Bonchev–Trinajstić information content (AvgIpc) is 2.58. The van der Waals surface area contributed by atoms with Crippen molar-refractivity contribution >= 4 is 17.8 Å². The van der Waals surface area contributed by atoms with E-state index in [4.69, 9.17) is 5.26 Å². The smallest absolute Gasteiger partial charge is 0.326 e. The Morgan fingerprint density at radius 3 is 2.35 bits per heavy atom. The van der Waals surface area contributed by atoms with Gasteiger partial charge in [-0.3, -0.25) is 9.59 Å². The average molecular weight is 363 g/mol. The third-order valence-corrected chi connectivity index (χ3v) is 3.69. The van der Waals surface area contributed by atoms with Crippen LogP contribution in [0.3, 0.4) is 0 Å². The van der Waals surface area contributed by atoms with Crippen LogP contribution in [0.15, 0.2) is 24.3 Å². The maximum atomic E-state index is 13.0. The molecular weight excluding hydrogens is 341 g/mol. The van der Waals surface area contributed by atoms with E-state index >= 15 is 0 Å². The number of aliphatic carboxylic acids is 1. The summed E-state index contributed by atoms with van der Waals surface area (Å²) in [6, 6.07) is 5.37. The third-order valence-electron chi connectivity index (χ3n) is 3.69. The highest BCUT2D eigenvalue weighted by Gasteiger charge is 2.25. The summed E-state index contributed by atoms with van der Waals surface area (Å²) < 4.78 is 13.0. The fraction of sp³-hybridized carbons (Fsp3) is 0.444. The van der Waals surface area contributed by atoms with Crippen molar-refractivity contribution in [1.29, 1.82) is 5.26 Å². The van der Waals surface area contributed by atoms with E-state index in [1.54, 1.807) is 0 Å². The van der Waals surface area contributed by atoms with E-state index < -0.39 is 35.7 Å². The highest BCUT2D eigenvalue weighted by atomic mass is 19.1. The number of carbonyl (C=O) groups excluding carboxylic acids is 2. The van der Waals surface area contributed by atoms with E-state index in [0.717, 1.165) is 0 Å². The van der Waals surface area contributed by atoms with Crippen LogP contribution < -0.4 is 10.6 Å². The highest BCUT2D eigenvalue weighted by molar-refractivity contribution is 5.90. The molecule has 0 saturated heterocycles. The molecule has 0 radical (unpaired) electrons. The number of nitriles is 1. The van der Waals surface area contributed by atoms with E-state index in [9.17, 15) is 23.9 Å². The second-order valence-electron chi connectivity index (χ2n) is 5.89. The summed E-state index contributed by atoms with van der Waals surface area (Å²) in [5, 5.41) is 22.7. The van der Waals surface area contributed by atoms with Crippen LogP contribution in [0.25, 0.3) is 0 Å². The van der Waals surface area contributed by atoms with Gasteiger partial charge in [-0.15, -0.1) is 0 Å². The van der Waals surface area contributed by atoms with Crippen molar-refractivity contribution in [1.82, 2.24) is 10.6 Å². The number of hydrogen-bond donors (Lipinski definition) is 3. The Labute approximate surface area is 151 Å². The SMILES string of the molecule is CC(=O)N[C@@H](Cc1ccc(F)cc1)C(=O)N[C@@H](CCCCC#N)C(=O)O. The van der Waals surface area contributed by atoms with E-state index in [1.165, 1.54) is 31.2 Å². The molecule has 1 aromatic rings. The summed E-state index contributed by atoms with van der Waals surface area (Å²) in [7, 11) is 0. The number of carboxylic acids is 1. The zero-order valence-electron chi connectivity index (χ0n) is 14.5. The van der Waals surface area contributed by atoms with Gasteiger partial charge < -0.3 is 15.7 Å². The molecular formula is C18H22FN3O4. The number of hydrogen-bond acceptors (Lipinski definition) is 4. The molecule has 0 fully saturated rings. The van der Waals surface area contributed by atoms with Gasteiger partial charge in [-0.05, 0) is 37.0 Å². The molecule has 3 N–H and O–H groups in total. The van der Waals surface area contributed by atoms with Crippen LogP contribution in [0.4, 0.5) is 4.39 Å². The molecule has 0 aliphatic carbocycles. The summed E-state index contributed by atoms with van der Waals surface area (Å²) in [6.07, 6.45) is 1.63. The lowest BCUT2D eigenvalue weighted by Crippen LogP contribution is -2.52. The van der Waals surface area contributed by atoms with E-state index in [0.29, 0.717) is 24.8 Å². The molecule has 140 valence electrons. The second kappa shape index (κ2) is 10.8. The molecule has 0 aliphatic heterocycles. The molecule has 0 saturated carbocycles. The van der Waals surface area contributed by atoms with Crippen LogP contribution in [0.2, 0.25) is 0 Å². The number of nitrogens with one attached hydrogen (secondary N) is 2. The zero-order chi connectivity index (χ0) is 19.5. The summed E-state index contributed by atoms with van der Waals surface area (Å²) in [4.78, 5) is 35.1. The maximum Gasteiger partial charge on any atom is 0.326 e. The van der Waals surface area contributed by atoms with Crippen LogP contribution in [0.5, 0.6) is 0 Å². The molecule has 0 spiro atoms. The number of halogens is 1. The molecule has 26 heavy (non-hydrogen) atoms. The Balaban J connectivity index is 2.76. The quantitative estimate of drug-likeness (QED) is 0.545. The normalized spacial score (nSPS) is 12.5. The van der Waals surface area contributed by atoms with Crippen molar-refractivity contribution in [2.24, 2.45) is 0 Å². The molecule has 2 amide bonds. The monoisotopic (exact) mass is 363 g/mol. The summed E-state index contributed by atoms with van der Waals surface area (Å²) in [5.74, 6) is -2.67. The molecule has 7 nitrogen and oxygen atoms in total. The predicted molar refractivity (Wildman–Crippen MR) is 91.4 cm³/mol. The minimum atomic E-state index is -1.18. The number of carboxylic acid groups (broad SMARTS) is 1. The fourth-order valence-electron chi connectivity index (χ4n) is 2.39. The van der Waals surface area contributed by atoms with Crippen LogP contribution >= 0.6 is 0 Å². The lowest BCUT2D eigenvalue weighted by atomic mass is 10.0. The molecule has 1 aromatic carbocycles. The van der Waals surface area contributed by atoms with Crippen molar-refractivity contribution in [2.45, 2.75) is 51.1 Å². The molecule has 0 heterocycles. The largest absolute Gasteiger partial charge is 0.480 e. The van der Waals surface area contributed by atoms with Crippen molar-refractivity contribution in [2.75, 3.05) is 0 Å². The first kappa shape index (κ1) is 21.1. The van der Waals surface area contributed by atoms with Gasteiger partial charge in [-0.1, -0.05) is 12.1 Å². The van der Waals surface area contributed by atoms with Crippen molar-refractivity contribution in [3.63, 3.8) is 0 Å². The molecule has 0 bridgehead atoms. The first-order valence-electron chi connectivity index (χ1n) is 8.25. The van der Waals surface area contributed by atoms with E-state index in [2.05, 4.69) is 10.6 Å². The fourth-order valence-corrected chi connectivity index (χ4v) is 2.39. The molecule has 0 unspecified atom stereocenters. The van der Waals surface area contributed by atoms with E-state index in [-0.39, 0.29) is 12.8 Å². The van der Waals surface area contributed by atoms with Crippen LogP contribution in [-0.4, -0.2) is 35.0 Å². The lowest BCUT2D eigenvalue weighted by Gasteiger charge is -2.21. The van der Waals surface area contributed by atoms with Gasteiger partial charge in [-0.25, -0.2) is 9.18 Å². The van der Waals surface area contributed by atoms with Gasteiger partial charge in [0, 0.05) is 19.8 Å². The maximum absolute atomic E-state index is 13.0. The van der Waals surface area contributed by atoms with Crippen molar-refractivity contribution in [3.8, 4) is 6.07 Å². The Morgan fingerprint density at radius 1 is 1.15 bits per heavy atom. The van der Waals surface area contributed by atoms with Gasteiger partial charge in [0.2, 0.25) is 11.8 Å². The number of benzene rings is 1. The molecule has 0 aromatic heterocycles. The van der Waals surface area contributed by atoms with Crippen LogP contribution in [0, 0.1) is 17.1 Å². The van der Waals surface area contributed by atoms with Gasteiger partial charge in [0.15, 0.2) is 0 Å². The number of amides is 2. The van der Waals surface area contributed by atoms with Crippen molar-refractivity contribution in [3.05, 3.63) is 35.6 Å². The predicted octanol–water partition coefficient (Wildman–Crippen LogP) is 1.53. The lowest BCUT2D eigenvalue weighted by molar-refractivity contribution is -0.142. The van der Waals surface area contributed by atoms with Gasteiger partial charge >= 0.3 is 5.97 Å². The van der Waals surface area contributed by atoms with Gasteiger partial charge in [0.05, 0.1) is 6.07 Å². The standard InChI is InChI=1S/C18H22FN3O4/c1-12(23)21-16(11-13-6-8-14(19)9-7-13)17(24)22-15(18(25)26)5-3-2-4-10-20/h6-9,15-16H,2-5,11H2,1H3,(H,21,23)(H,22,24)(H,25,26)/t15-,16-/m0/s1. The first-order valence-corrected chi connectivity index (χ1v) is 8.25. The number of nitrogens with zero attached hydrogens (tertiary/aromatic N) is 1. The number of carbonyl (C=O) groups is 3. The molecule has 0 aliphatic rings. The van der Waals surface area contributed by atoms with Crippen LogP contribution in [-0.2, 0) is 20.8 Å². The molecule has 1 rings (SSSR count). The Kier molecular flexibility index (Phi) is 8.78. The first-order chi connectivity index (χ1) is 12.3. The summed E-state index contributed by atoms with van der Waals surface area (Å²) in [5.41, 5.74) is 0.626. The minimum absolute atomic E-state index is 0.104. The third kappa shape index (κ3) is 7.75. The number of unbranched alkanes of at least 4 members (excludes halogenated alkanes) is 2. The Hall–Kier alpha value is -2.95. The summed E-state index contributed by atoms with van der Waals surface area (Å²) in [6.45, 7) is 1.25. The van der Waals surface area contributed by atoms with Gasteiger partial charge in [-0.2, -0.15) is 5.26 Å². The summed E-state index contributed by atoms with van der Waals surface area (Å²) >= 11 is 0. The van der Waals surface area contributed by atoms with Crippen molar-refractivity contribution < 1.29 is 23.9 Å². The van der Waals surface area contributed by atoms with E-state index in [1.807, 2.05) is 6.07 Å². The topological polar surface area (TPSA) is 119 Å². The molecule has 8 heteroatoms. The number of rotatable bonds is 10. The van der Waals surface area contributed by atoms with Crippen LogP contribution in [0.1, 0.15) is 38.2 Å². The van der Waals surface area contributed by atoms with Gasteiger partial charge in [0.1, 0.15) is 17.9 Å². The molecule has 2 atom stereocenters. The zero-order valence-corrected chi connectivity index (χ0v) is 14.5. The van der Waals surface area contributed by atoms with Gasteiger partial charge in [0.25, 0.3) is 0 Å². The Bertz CT molecular complexity index is 670.